The summed E-state index contributed by atoms with van der Waals surface area (Å²) in [6, 6.07) is 23.5. The summed E-state index contributed by atoms with van der Waals surface area (Å²) in [5.41, 5.74) is 5.82. The van der Waals surface area contributed by atoms with Gasteiger partial charge in [-0.15, -0.1) is 0 Å². The Morgan fingerprint density at radius 1 is 0.962 bits per heavy atom. The van der Waals surface area contributed by atoms with Crippen molar-refractivity contribution in [1.82, 2.24) is 5.01 Å². The normalized spacial score (nSPS) is 18.3. The molecule has 0 amide bonds. The average Bonchev–Trinajstić information content (AvgIpc) is 2.95. The van der Waals surface area contributed by atoms with Gasteiger partial charge in [-0.2, -0.15) is 20.9 Å². The van der Waals surface area contributed by atoms with Gasteiger partial charge in [0, 0.05) is 0 Å². The first-order valence-corrected chi connectivity index (χ1v) is 7.84. The number of hydrogen-bond donors (Lipinski definition) is 1. The number of hydrogen-bond acceptors (Lipinski definition) is 6. The summed E-state index contributed by atoms with van der Waals surface area (Å²) in [5.74, 6) is 0.0108. The van der Waals surface area contributed by atoms with Gasteiger partial charge in [0.15, 0.2) is 0 Å². The molecular formula is C20H14N6. The number of benzene rings is 2. The Hall–Kier alpha value is -4.08. The van der Waals surface area contributed by atoms with Gasteiger partial charge in [0.1, 0.15) is 23.5 Å². The molecule has 0 saturated heterocycles. The van der Waals surface area contributed by atoms with E-state index in [1.54, 1.807) is 30.5 Å². The van der Waals surface area contributed by atoms with Crippen molar-refractivity contribution in [1.29, 1.82) is 15.8 Å². The molecule has 0 bridgehead atoms. The molecule has 1 aliphatic heterocycles. The van der Waals surface area contributed by atoms with E-state index in [0.29, 0.717) is 5.56 Å². The highest BCUT2D eigenvalue weighted by Gasteiger charge is 2.55. The molecule has 2 aromatic rings. The molecule has 0 aromatic heterocycles. The molecule has 1 heterocycles. The van der Waals surface area contributed by atoms with Crippen LogP contribution in [0.4, 0.5) is 0 Å². The van der Waals surface area contributed by atoms with Crippen LogP contribution >= 0.6 is 0 Å². The van der Waals surface area contributed by atoms with Crippen LogP contribution in [0.1, 0.15) is 17.2 Å². The summed E-state index contributed by atoms with van der Waals surface area (Å²) in [4.78, 5) is 0. The molecule has 1 aliphatic rings. The third-order valence-electron chi connectivity index (χ3n) is 4.26. The number of rotatable bonds is 3. The van der Waals surface area contributed by atoms with Crippen LogP contribution in [0.2, 0.25) is 0 Å². The molecule has 0 aliphatic carbocycles. The average molecular weight is 338 g/mol. The van der Waals surface area contributed by atoms with Crippen LogP contribution in [0.5, 0.6) is 0 Å². The lowest BCUT2D eigenvalue weighted by Crippen LogP contribution is -2.31. The SMILES string of the molecule is N#CC1=C(N)N(/N=C/c2ccccc2)[C@@H](c2ccccc2)C1(C#N)C#N. The monoisotopic (exact) mass is 338 g/mol. The third-order valence-corrected chi connectivity index (χ3v) is 4.26. The van der Waals surface area contributed by atoms with E-state index in [1.807, 2.05) is 54.6 Å². The zero-order chi connectivity index (χ0) is 18.6. The lowest BCUT2D eigenvalue weighted by Gasteiger charge is -2.28. The maximum atomic E-state index is 9.78. The maximum Gasteiger partial charge on any atom is 0.208 e. The summed E-state index contributed by atoms with van der Waals surface area (Å²) < 4.78 is 0. The molecule has 0 saturated carbocycles. The topological polar surface area (TPSA) is 113 Å². The van der Waals surface area contributed by atoms with Crippen LogP contribution in [-0.2, 0) is 0 Å². The molecule has 2 aromatic carbocycles. The zero-order valence-corrected chi connectivity index (χ0v) is 13.7. The van der Waals surface area contributed by atoms with Gasteiger partial charge in [0.25, 0.3) is 0 Å². The van der Waals surface area contributed by atoms with Crippen LogP contribution in [0.15, 0.2) is 77.2 Å². The van der Waals surface area contributed by atoms with E-state index >= 15 is 0 Å². The van der Waals surface area contributed by atoms with E-state index in [1.165, 1.54) is 5.01 Å². The summed E-state index contributed by atoms with van der Waals surface area (Å²) >= 11 is 0. The molecule has 6 heteroatoms. The van der Waals surface area contributed by atoms with E-state index in [2.05, 4.69) is 5.10 Å². The summed E-state index contributed by atoms with van der Waals surface area (Å²) in [5, 5.41) is 34.9. The van der Waals surface area contributed by atoms with E-state index < -0.39 is 11.5 Å². The Labute approximate surface area is 151 Å². The first-order valence-electron chi connectivity index (χ1n) is 7.84. The molecular weight excluding hydrogens is 324 g/mol. The Kier molecular flexibility index (Phi) is 4.39. The largest absolute Gasteiger partial charge is 0.383 e. The van der Waals surface area contributed by atoms with Gasteiger partial charge in [-0.3, -0.25) is 0 Å². The highest BCUT2D eigenvalue weighted by molar-refractivity contribution is 5.79. The second-order valence-electron chi connectivity index (χ2n) is 5.72. The Bertz CT molecular complexity index is 973. The second-order valence-corrected chi connectivity index (χ2v) is 5.72. The molecule has 2 N–H and O–H groups in total. The van der Waals surface area contributed by atoms with Crippen molar-refractivity contribution < 1.29 is 0 Å². The second kappa shape index (κ2) is 6.81. The number of hydrazone groups is 1. The van der Waals surface area contributed by atoms with Gasteiger partial charge in [-0.05, 0) is 11.1 Å². The van der Waals surface area contributed by atoms with E-state index in [9.17, 15) is 15.8 Å². The highest BCUT2D eigenvalue weighted by Crippen LogP contribution is 2.50. The standard InChI is InChI=1S/C20H14N6/c21-11-17-19(24)26(25-12-15-7-3-1-4-8-15)18(20(17,13-22)14-23)16-9-5-2-6-10-16/h1-10,12,18H,24H2/b25-12+/t18-/m0/s1. The van der Waals surface area contributed by atoms with Crippen LogP contribution in [0.25, 0.3) is 0 Å². The fourth-order valence-corrected chi connectivity index (χ4v) is 3.00. The van der Waals surface area contributed by atoms with Crippen molar-refractivity contribution in [3.63, 3.8) is 0 Å². The van der Waals surface area contributed by atoms with E-state index in [4.69, 9.17) is 5.73 Å². The van der Waals surface area contributed by atoms with Crippen molar-refractivity contribution >= 4 is 6.21 Å². The molecule has 0 radical (unpaired) electrons. The van der Waals surface area contributed by atoms with Crippen LogP contribution in [0.3, 0.4) is 0 Å². The van der Waals surface area contributed by atoms with Gasteiger partial charge in [0.05, 0.1) is 18.4 Å². The zero-order valence-electron chi connectivity index (χ0n) is 13.7. The van der Waals surface area contributed by atoms with Crippen LogP contribution in [-0.4, -0.2) is 11.2 Å². The lowest BCUT2D eigenvalue weighted by atomic mass is 9.76. The predicted molar refractivity (Wildman–Crippen MR) is 95.5 cm³/mol. The highest BCUT2D eigenvalue weighted by atomic mass is 15.5. The van der Waals surface area contributed by atoms with E-state index in [-0.39, 0.29) is 11.4 Å². The Morgan fingerprint density at radius 3 is 2.08 bits per heavy atom. The first kappa shape index (κ1) is 16.8. The smallest absolute Gasteiger partial charge is 0.208 e. The lowest BCUT2D eigenvalue weighted by molar-refractivity contribution is 0.242. The van der Waals surface area contributed by atoms with Crippen molar-refractivity contribution in [2.45, 2.75) is 6.04 Å². The summed E-state index contributed by atoms with van der Waals surface area (Å²) in [6.07, 6.45) is 1.59. The van der Waals surface area contributed by atoms with Gasteiger partial charge in [-0.1, -0.05) is 60.7 Å². The molecule has 3 rings (SSSR count). The Morgan fingerprint density at radius 2 is 1.54 bits per heavy atom. The minimum absolute atomic E-state index is 0.0108. The van der Waals surface area contributed by atoms with Gasteiger partial charge in [-0.25, -0.2) is 5.01 Å². The molecule has 0 spiro atoms. The quantitative estimate of drug-likeness (QED) is 0.865. The van der Waals surface area contributed by atoms with Crippen molar-refractivity contribution in [2.24, 2.45) is 16.3 Å². The minimum atomic E-state index is -1.73. The van der Waals surface area contributed by atoms with Crippen molar-refractivity contribution in [3.8, 4) is 18.2 Å². The van der Waals surface area contributed by atoms with Crippen LogP contribution < -0.4 is 5.73 Å². The predicted octanol–water partition coefficient (Wildman–Crippen LogP) is 2.80. The molecule has 0 fully saturated rings. The van der Waals surface area contributed by atoms with E-state index in [0.717, 1.165) is 5.56 Å². The molecule has 26 heavy (non-hydrogen) atoms. The maximum absolute atomic E-state index is 9.78. The molecule has 124 valence electrons. The third kappa shape index (κ3) is 2.55. The number of nitriles is 3. The minimum Gasteiger partial charge on any atom is -0.383 e. The van der Waals surface area contributed by atoms with Crippen molar-refractivity contribution in [3.05, 3.63) is 83.2 Å². The number of nitrogens with two attached hydrogens (primary N) is 1. The van der Waals surface area contributed by atoms with Gasteiger partial charge in [0.2, 0.25) is 5.41 Å². The summed E-state index contributed by atoms with van der Waals surface area (Å²) in [7, 11) is 0. The molecule has 0 unspecified atom stereocenters. The van der Waals surface area contributed by atoms with Crippen LogP contribution in [0, 0.1) is 39.4 Å². The first-order chi connectivity index (χ1) is 12.7. The fourth-order valence-electron chi connectivity index (χ4n) is 3.00. The van der Waals surface area contributed by atoms with Crippen molar-refractivity contribution in [2.75, 3.05) is 0 Å². The fraction of sp³-hybridized carbons (Fsp3) is 0.100. The van der Waals surface area contributed by atoms with Gasteiger partial charge < -0.3 is 5.73 Å². The molecule has 1 atom stereocenters. The molecule has 6 nitrogen and oxygen atoms in total. The summed E-state index contributed by atoms with van der Waals surface area (Å²) in [6.45, 7) is 0. The number of nitrogens with zero attached hydrogens (tertiary/aromatic N) is 5. The Balaban J connectivity index is 2.16. The van der Waals surface area contributed by atoms with Gasteiger partial charge >= 0.3 is 0 Å².